The van der Waals surface area contributed by atoms with Crippen LogP contribution in [0.1, 0.15) is 6.42 Å². The van der Waals surface area contributed by atoms with Crippen molar-refractivity contribution < 1.29 is 23.9 Å². The van der Waals surface area contributed by atoms with E-state index in [4.69, 9.17) is 20.9 Å². The van der Waals surface area contributed by atoms with Crippen molar-refractivity contribution in [1.82, 2.24) is 15.5 Å². The molecule has 24 heavy (non-hydrogen) atoms. The molecule has 136 valence electrons. The number of primary amides is 2. The van der Waals surface area contributed by atoms with Crippen LogP contribution in [0.15, 0.2) is 0 Å². The maximum absolute atomic E-state index is 12.0. The molecular weight excluding hydrogens is 318 g/mol. The second-order valence-electron chi connectivity index (χ2n) is 5.93. The zero-order valence-electron chi connectivity index (χ0n) is 13.5. The Morgan fingerprint density at radius 3 is 2.29 bits per heavy atom. The van der Waals surface area contributed by atoms with E-state index < -0.39 is 23.9 Å². The highest BCUT2D eigenvalue weighted by atomic mass is 16.5. The van der Waals surface area contributed by atoms with Crippen LogP contribution in [0.2, 0.25) is 0 Å². The van der Waals surface area contributed by atoms with Gasteiger partial charge in [-0.3, -0.25) is 14.5 Å². The van der Waals surface area contributed by atoms with Crippen LogP contribution in [0.3, 0.4) is 0 Å². The van der Waals surface area contributed by atoms with E-state index in [2.05, 4.69) is 15.5 Å². The van der Waals surface area contributed by atoms with Crippen molar-refractivity contribution in [3.05, 3.63) is 0 Å². The van der Waals surface area contributed by atoms with Crippen LogP contribution in [-0.2, 0) is 19.1 Å². The first-order valence-corrected chi connectivity index (χ1v) is 8.01. The average Bonchev–Trinajstić information content (AvgIpc) is 3.07. The smallest absolute Gasteiger partial charge is 0.315 e. The number of hydrogen-bond acceptors (Lipinski definition) is 6. The average molecular weight is 343 g/mol. The summed E-state index contributed by atoms with van der Waals surface area (Å²) >= 11 is 0. The predicted molar refractivity (Wildman–Crippen MR) is 83.8 cm³/mol. The van der Waals surface area contributed by atoms with Gasteiger partial charge in [0.15, 0.2) is 6.04 Å². The van der Waals surface area contributed by atoms with Crippen molar-refractivity contribution in [2.75, 3.05) is 46.1 Å². The highest BCUT2D eigenvalue weighted by Gasteiger charge is 2.32. The lowest BCUT2D eigenvalue weighted by molar-refractivity contribution is -0.128. The number of amides is 4. The third-order valence-corrected chi connectivity index (χ3v) is 4.34. The number of rotatable bonds is 7. The van der Waals surface area contributed by atoms with Crippen molar-refractivity contribution in [1.29, 1.82) is 0 Å². The van der Waals surface area contributed by atoms with Crippen LogP contribution in [0.25, 0.3) is 0 Å². The molecule has 6 N–H and O–H groups in total. The fraction of sp³-hybridized carbons (Fsp3) is 0.786. The Hall–Kier alpha value is -1.91. The molecule has 2 rings (SSSR count). The molecule has 0 aromatic carbocycles. The zero-order valence-corrected chi connectivity index (χ0v) is 13.5. The highest BCUT2D eigenvalue weighted by Crippen LogP contribution is 2.21. The molecule has 2 heterocycles. The maximum atomic E-state index is 12.0. The van der Waals surface area contributed by atoms with Gasteiger partial charge >= 0.3 is 6.03 Å². The van der Waals surface area contributed by atoms with Gasteiger partial charge in [0.1, 0.15) is 0 Å². The summed E-state index contributed by atoms with van der Waals surface area (Å²) in [5.41, 5.74) is 10.1. The number of carbonyl (C=O) groups is 3. The number of nitrogens with one attached hydrogen (secondary N) is 2. The number of morpholine rings is 1. The summed E-state index contributed by atoms with van der Waals surface area (Å²) in [5.74, 6) is -1.68. The molecule has 2 saturated heterocycles. The lowest BCUT2D eigenvalue weighted by atomic mass is 9.97. The SMILES string of the molecule is NC(=O)C(NC(=O)NCC(C1CCOC1)N1CCOCC1)C(N)=O. The van der Waals surface area contributed by atoms with Gasteiger partial charge < -0.3 is 31.6 Å². The minimum atomic E-state index is -1.53. The van der Waals surface area contributed by atoms with Crippen LogP contribution in [0.5, 0.6) is 0 Å². The molecule has 0 aromatic rings. The maximum Gasteiger partial charge on any atom is 0.315 e. The second-order valence-corrected chi connectivity index (χ2v) is 5.93. The van der Waals surface area contributed by atoms with Crippen molar-refractivity contribution >= 4 is 17.8 Å². The molecule has 0 aromatic heterocycles. The van der Waals surface area contributed by atoms with Crippen LogP contribution < -0.4 is 22.1 Å². The largest absolute Gasteiger partial charge is 0.381 e. The quantitative estimate of drug-likeness (QED) is 0.371. The highest BCUT2D eigenvalue weighted by molar-refractivity contribution is 6.05. The number of carbonyl (C=O) groups excluding carboxylic acids is 3. The Labute approximate surface area is 140 Å². The molecule has 10 nitrogen and oxygen atoms in total. The normalized spacial score (nSPS) is 23.0. The van der Waals surface area contributed by atoms with Crippen molar-refractivity contribution in [3.8, 4) is 0 Å². The number of hydrogen-bond donors (Lipinski definition) is 4. The van der Waals surface area contributed by atoms with E-state index in [1.54, 1.807) is 0 Å². The third-order valence-electron chi connectivity index (χ3n) is 4.34. The zero-order chi connectivity index (χ0) is 17.5. The van der Waals surface area contributed by atoms with Gasteiger partial charge in [-0.1, -0.05) is 0 Å². The molecule has 0 spiro atoms. The summed E-state index contributed by atoms with van der Waals surface area (Å²) in [4.78, 5) is 36.4. The van der Waals surface area contributed by atoms with E-state index in [1.807, 2.05) is 0 Å². The Bertz CT molecular complexity index is 448. The van der Waals surface area contributed by atoms with Gasteiger partial charge in [-0.2, -0.15) is 0 Å². The van der Waals surface area contributed by atoms with Gasteiger partial charge in [0.05, 0.1) is 19.8 Å². The summed E-state index contributed by atoms with van der Waals surface area (Å²) in [6.07, 6.45) is 0.927. The molecule has 2 fully saturated rings. The Balaban J connectivity index is 1.90. The predicted octanol–water partition coefficient (Wildman–Crippen LogP) is -2.64. The van der Waals surface area contributed by atoms with Gasteiger partial charge in [0.25, 0.3) is 0 Å². The molecule has 0 bridgehead atoms. The second kappa shape index (κ2) is 8.81. The first-order valence-electron chi connectivity index (χ1n) is 8.01. The molecule has 2 atom stereocenters. The molecule has 4 amide bonds. The minimum absolute atomic E-state index is 0.0998. The number of nitrogens with two attached hydrogens (primary N) is 2. The van der Waals surface area contributed by atoms with Gasteiger partial charge in [0, 0.05) is 38.2 Å². The number of ether oxygens (including phenoxy) is 2. The van der Waals surface area contributed by atoms with E-state index in [-0.39, 0.29) is 6.04 Å². The van der Waals surface area contributed by atoms with Gasteiger partial charge in [-0.15, -0.1) is 0 Å². The van der Waals surface area contributed by atoms with E-state index in [0.29, 0.717) is 38.9 Å². The lowest BCUT2D eigenvalue weighted by Gasteiger charge is -2.37. The molecule has 0 saturated carbocycles. The Morgan fingerprint density at radius 1 is 1.08 bits per heavy atom. The number of nitrogens with zero attached hydrogens (tertiary/aromatic N) is 1. The van der Waals surface area contributed by atoms with Crippen LogP contribution in [-0.4, -0.2) is 80.9 Å². The fourth-order valence-electron chi connectivity index (χ4n) is 3.02. The Kier molecular flexibility index (Phi) is 6.76. The van der Waals surface area contributed by atoms with Crippen molar-refractivity contribution in [3.63, 3.8) is 0 Å². The summed E-state index contributed by atoms with van der Waals surface area (Å²) in [6.45, 7) is 4.61. The van der Waals surface area contributed by atoms with E-state index in [9.17, 15) is 14.4 Å². The first-order chi connectivity index (χ1) is 11.5. The van der Waals surface area contributed by atoms with Crippen LogP contribution in [0.4, 0.5) is 4.79 Å². The molecule has 0 radical (unpaired) electrons. The summed E-state index contributed by atoms with van der Waals surface area (Å²) in [5, 5.41) is 4.88. The first kappa shape index (κ1) is 18.4. The van der Waals surface area contributed by atoms with E-state index in [0.717, 1.165) is 19.5 Å². The molecule has 2 aliphatic rings. The number of urea groups is 1. The summed E-state index contributed by atoms with van der Waals surface area (Å²) < 4.78 is 10.8. The molecule has 2 unspecified atom stereocenters. The van der Waals surface area contributed by atoms with Crippen LogP contribution in [0, 0.1) is 5.92 Å². The molecule has 2 aliphatic heterocycles. The standard InChI is InChI=1S/C14H25N5O5/c15-12(20)11(13(16)21)18-14(22)17-7-10(9-1-4-24-8-9)19-2-5-23-6-3-19/h9-11H,1-8H2,(H2,15,20)(H2,16,21)(H2,17,18,22). The summed E-state index contributed by atoms with van der Waals surface area (Å²) in [7, 11) is 0. The molecule has 0 aliphatic carbocycles. The van der Waals surface area contributed by atoms with Gasteiger partial charge in [-0.25, -0.2) is 4.79 Å². The lowest BCUT2D eigenvalue weighted by Crippen LogP contribution is -2.57. The minimum Gasteiger partial charge on any atom is -0.381 e. The molecular formula is C14H25N5O5. The van der Waals surface area contributed by atoms with Crippen molar-refractivity contribution in [2.45, 2.75) is 18.5 Å². The fourth-order valence-corrected chi connectivity index (χ4v) is 3.02. The topological polar surface area (TPSA) is 149 Å². The summed E-state index contributed by atoms with van der Waals surface area (Å²) in [6, 6.07) is -2.08. The van der Waals surface area contributed by atoms with E-state index in [1.165, 1.54) is 0 Å². The van der Waals surface area contributed by atoms with Gasteiger partial charge in [-0.05, 0) is 6.42 Å². The van der Waals surface area contributed by atoms with E-state index >= 15 is 0 Å². The third kappa shape index (κ3) is 5.05. The van der Waals surface area contributed by atoms with Crippen molar-refractivity contribution in [2.24, 2.45) is 17.4 Å². The Morgan fingerprint density at radius 2 is 1.75 bits per heavy atom. The van der Waals surface area contributed by atoms with Crippen LogP contribution >= 0.6 is 0 Å². The molecule has 10 heteroatoms. The monoisotopic (exact) mass is 343 g/mol. The van der Waals surface area contributed by atoms with Gasteiger partial charge in [0.2, 0.25) is 11.8 Å².